The van der Waals surface area contributed by atoms with Gasteiger partial charge in [0.25, 0.3) is 0 Å². The van der Waals surface area contributed by atoms with E-state index in [2.05, 4.69) is 0 Å². The first-order chi connectivity index (χ1) is 4.04. The van der Waals surface area contributed by atoms with Crippen LogP contribution in [0.5, 0.6) is 0 Å². The van der Waals surface area contributed by atoms with E-state index in [1.165, 1.54) is 13.8 Å². The number of nitrogens with one attached hydrogen (secondary N) is 2. The fourth-order valence-corrected chi connectivity index (χ4v) is 0.289. The summed E-state index contributed by atoms with van der Waals surface area (Å²) in [5.41, 5.74) is 0. The summed E-state index contributed by atoms with van der Waals surface area (Å²) in [7, 11) is 0. The van der Waals surface area contributed by atoms with Gasteiger partial charge < -0.3 is 5.32 Å². The number of halogens is 1. The first kappa shape index (κ1) is 8.07. The van der Waals surface area contributed by atoms with Crippen molar-refractivity contribution in [3.63, 3.8) is 0 Å². The largest absolute Gasteiger partial charge is 0.312 e. The van der Waals surface area contributed by atoms with Gasteiger partial charge in [-0.15, -0.1) is 0 Å². The van der Waals surface area contributed by atoms with E-state index < -0.39 is 12.1 Å². The Hall–Kier alpha value is -0.930. The van der Waals surface area contributed by atoms with Crippen LogP contribution in [-0.2, 0) is 4.79 Å². The van der Waals surface area contributed by atoms with Crippen LogP contribution in [0.2, 0.25) is 0 Å². The van der Waals surface area contributed by atoms with Gasteiger partial charge in [-0.25, -0.2) is 4.39 Å². The van der Waals surface area contributed by atoms with Gasteiger partial charge in [-0.3, -0.25) is 10.2 Å². The van der Waals surface area contributed by atoms with Gasteiger partial charge >= 0.3 is 0 Å². The SMILES string of the molecule is CC(=O)NC(=N)C(C)F. The van der Waals surface area contributed by atoms with Crippen LogP contribution in [0.15, 0.2) is 0 Å². The summed E-state index contributed by atoms with van der Waals surface area (Å²) >= 11 is 0. The summed E-state index contributed by atoms with van der Waals surface area (Å²) in [6.07, 6.45) is -1.39. The first-order valence-electron chi connectivity index (χ1n) is 2.54. The van der Waals surface area contributed by atoms with Gasteiger partial charge in [0.15, 0.2) is 6.17 Å². The Morgan fingerprint density at radius 3 is 2.33 bits per heavy atom. The van der Waals surface area contributed by atoms with Crippen LogP contribution >= 0.6 is 0 Å². The minimum Gasteiger partial charge on any atom is -0.312 e. The molecule has 2 N–H and O–H groups in total. The maximum Gasteiger partial charge on any atom is 0.222 e. The zero-order valence-electron chi connectivity index (χ0n) is 5.36. The summed E-state index contributed by atoms with van der Waals surface area (Å²) in [4.78, 5) is 10.1. The highest BCUT2D eigenvalue weighted by Crippen LogP contribution is 1.86. The molecule has 0 aliphatic carbocycles. The molecule has 0 aliphatic heterocycles. The number of hydrogen-bond acceptors (Lipinski definition) is 2. The normalized spacial score (nSPS) is 12.3. The van der Waals surface area contributed by atoms with Crippen LogP contribution in [0.3, 0.4) is 0 Å². The lowest BCUT2D eigenvalue weighted by atomic mass is 10.4. The quantitative estimate of drug-likeness (QED) is 0.395. The molecule has 0 radical (unpaired) electrons. The molecule has 0 aromatic heterocycles. The Kier molecular flexibility index (Phi) is 2.84. The van der Waals surface area contributed by atoms with Crippen molar-refractivity contribution < 1.29 is 9.18 Å². The molecule has 1 atom stereocenters. The number of hydrogen-bond donors (Lipinski definition) is 2. The third-order valence-electron chi connectivity index (χ3n) is 0.708. The van der Waals surface area contributed by atoms with E-state index >= 15 is 0 Å². The monoisotopic (exact) mass is 132 g/mol. The molecule has 52 valence electrons. The van der Waals surface area contributed by atoms with E-state index in [0.29, 0.717) is 0 Å². The Balaban J connectivity index is 3.64. The molecule has 0 aromatic carbocycles. The molecule has 1 unspecified atom stereocenters. The van der Waals surface area contributed by atoms with Crippen molar-refractivity contribution in [2.75, 3.05) is 0 Å². The van der Waals surface area contributed by atoms with Crippen LogP contribution in [0.1, 0.15) is 13.8 Å². The fourth-order valence-electron chi connectivity index (χ4n) is 0.289. The van der Waals surface area contributed by atoms with Crippen molar-refractivity contribution in [2.45, 2.75) is 20.0 Å². The molecule has 0 aliphatic rings. The second-order valence-corrected chi connectivity index (χ2v) is 1.71. The summed E-state index contributed by atoms with van der Waals surface area (Å²) < 4.78 is 12.0. The Bertz CT molecular complexity index is 133. The zero-order valence-corrected chi connectivity index (χ0v) is 5.36. The van der Waals surface area contributed by atoms with Crippen molar-refractivity contribution in [1.29, 1.82) is 5.41 Å². The van der Waals surface area contributed by atoms with Crippen LogP contribution in [-0.4, -0.2) is 17.9 Å². The molecular formula is C5H9FN2O. The molecular weight excluding hydrogens is 123 g/mol. The summed E-state index contributed by atoms with van der Waals surface area (Å²) in [5.74, 6) is -0.799. The van der Waals surface area contributed by atoms with Crippen molar-refractivity contribution in [1.82, 2.24) is 5.32 Å². The van der Waals surface area contributed by atoms with Crippen LogP contribution in [0.25, 0.3) is 0 Å². The highest BCUT2D eigenvalue weighted by Gasteiger charge is 2.05. The van der Waals surface area contributed by atoms with Gasteiger partial charge in [0, 0.05) is 6.92 Å². The molecule has 0 aromatic rings. The average Bonchev–Trinajstić information content (AvgIpc) is 1.63. The van der Waals surface area contributed by atoms with Gasteiger partial charge in [-0.1, -0.05) is 0 Å². The first-order valence-corrected chi connectivity index (χ1v) is 2.54. The molecule has 0 bridgehead atoms. The molecule has 0 heterocycles. The second kappa shape index (κ2) is 3.17. The van der Waals surface area contributed by atoms with E-state index in [9.17, 15) is 9.18 Å². The summed E-state index contributed by atoms with van der Waals surface area (Å²) in [6, 6.07) is 0. The molecule has 4 heteroatoms. The van der Waals surface area contributed by atoms with Crippen molar-refractivity contribution >= 4 is 11.7 Å². The van der Waals surface area contributed by atoms with Crippen molar-refractivity contribution in [2.24, 2.45) is 0 Å². The van der Waals surface area contributed by atoms with E-state index in [1.807, 2.05) is 5.32 Å². The van der Waals surface area contributed by atoms with Gasteiger partial charge in [-0.05, 0) is 6.92 Å². The number of carbonyl (C=O) groups excluding carboxylic acids is 1. The Labute approximate surface area is 52.8 Å². The van der Waals surface area contributed by atoms with Crippen molar-refractivity contribution in [3.05, 3.63) is 0 Å². The third-order valence-corrected chi connectivity index (χ3v) is 0.708. The lowest BCUT2D eigenvalue weighted by Crippen LogP contribution is -2.32. The highest BCUT2D eigenvalue weighted by atomic mass is 19.1. The van der Waals surface area contributed by atoms with E-state index in [-0.39, 0.29) is 5.84 Å². The lowest BCUT2D eigenvalue weighted by Gasteiger charge is -2.02. The number of carbonyl (C=O) groups is 1. The summed E-state index contributed by atoms with van der Waals surface area (Å²) in [6.45, 7) is 2.43. The topological polar surface area (TPSA) is 53.0 Å². The predicted molar refractivity (Wildman–Crippen MR) is 32.1 cm³/mol. The van der Waals surface area contributed by atoms with Crippen molar-refractivity contribution in [3.8, 4) is 0 Å². The van der Waals surface area contributed by atoms with E-state index in [4.69, 9.17) is 5.41 Å². The average molecular weight is 132 g/mol. The molecule has 0 saturated heterocycles. The smallest absolute Gasteiger partial charge is 0.222 e. The minimum atomic E-state index is -1.39. The number of amidine groups is 1. The second-order valence-electron chi connectivity index (χ2n) is 1.71. The Morgan fingerprint density at radius 1 is 1.78 bits per heavy atom. The van der Waals surface area contributed by atoms with E-state index in [1.54, 1.807) is 0 Å². The maximum atomic E-state index is 12.0. The van der Waals surface area contributed by atoms with Gasteiger partial charge in [0.1, 0.15) is 5.84 Å². The molecule has 0 saturated carbocycles. The Morgan fingerprint density at radius 2 is 2.22 bits per heavy atom. The summed E-state index contributed by atoms with van der Waals surface area (Å²) in [5, 5.41) is 8.78. The standard InChI is InChI=1S/C5H9FN2O/c1-3(6)5(7)8-4(2)9/h3H,1-2H3,(H2,7,8,9). The van der Waals surface area contributed by atoms with Gasteiger partial charge in [-0.2, -0.15) is 0 Å². The van der Waals surface area contributed by atoms with Crippen LogP contribution in [0.4, 0.5) is 4.39 Å². The predicted octanol–water partition coefficient (Wildman–Crippen LogP) is 0.458. The van der Waals surface area contributed by atoms with Crippen LogP contribution < -0.4 is 5.32 Å². The third kappa shape index (κ3) is 3.64. The maximum absolute atomic E-state index is 12.0. The minimum absolute atomic E-state index is 0.387. The lowest BCUT2D eigenvalue weighted by molar-refractivity contribution is -0.117. The fraction of sp³-hybridized carbons (Fsp3) is 0.600. The van der Waals surface area contributed by atoms with Crippen LogP contribution in [0, 0.1) is 5.41 Å². The number of amides is 1. The highest BCUT2D eigenvalue weighted by molar-refractivity contribution is 5.97. The molecule has 3 nitrogen and oxygen atoms in total. The molecule has 1 amide bonds. The van der Waals surface area contributed by atoms with Gasteiger partial charge in [0.05, 0.1) is 0 Å². The van der Waals surface area contributed by atoms with Gasteiger partial charge in [0.2, 0.25) is 5.91 Å². The molecule has 0 rings (SSSR count). The van der Waals surface area contributed by atoms with E-state index in [0.717, 1.165) is 0 Å². The molecule has 9 heavy (non-hydrogen) atoms. The number of rotatable bonds is 1. The molecule has 0 fully saturated rings. The molecule has 0 spiro atoms. The number of alkyl halides is 1. The zero-order chi connectivity index (χ0) is 7.44.